The Morgan fingerprint density at radius 3 is 2.35 bits per heavy atom. The minimum atomic E-state index is -0.287. The number of aryl methyl sites for hydroxylation is 3. The molecular formula is C17H20FNO. The molecule has 2 aromatic carbocycles. The quantitative estimate of drug-likeness (QED) is 0.889. The van der Waals surface area contributed by atoms with Gasteiger partial charge in [-0.1, -0.05) is 12.1 Å². The zero-order valence-electron chi connectivity index (χ0n) is 12.3. The Hall–Kier alpha value is -1.87. The third kappa shape index (κ3) is 2.99. The van der Waals surface area contributed by atoms with Crippen LogP contribution in [0.5, 0.6) is 11.5 Å². The molecule has 0 aliphatic carbocycles. The Kier molecular flexibility index (Phi) is 4.09. The molecule has 3 heteroatoms. The number of ether oxygens (including phenoxy) is 1. The first-order valence-electron chi connectivity index (χ1n) is 6.69. The molecule has 0 aliphatic rings. The van der Waals surface area contributed by atoms with Crippen LogP contribution in [0.1, 0.15) is 35.2 Å². The Morgan fingerprint density at radius 1 is 1.00 bits per heavy atom. The molecule has 2 rings (SSSR count). The van der Waals surface area contributed by atoms with Crippen molar-refractivity contribution in [2.75, 3.05) is 0 Å². The molecule has 106 valence electrons. The molecule has 1 atom stereocenters. The van der Waals surface area contributed by atoms with Crippen LogP contribution in [0, 0.1) is 26.6 Å². The number of rotatable bonds is 3. The number of hydrogen-bond acceptors (Lipinski definition) is 2. The molecule has 0 amide bonds. The standard InChI is InChI=1S/C17H20FNO/c1-10-5-6-11(2)16(7-10)20-17-8-12(3)15(18)9-14(17)13(4)19/h5-9,13H,19H2,1-4H3. The molecule has 1 unspecified atom stereocenters. The van der Waals surface area contributed by atoms with E-state index in [1.165, 1.54) is 6.07 Å². The van der Waals surface area contributed by atoms with Gasteiger partial charge in [-0.25, -0.2) is 4.39 Å². The van der Waals surface area contributed by atoms with Gasteiger partial charge in [-0.3, -0.25) is 0 Å². The minimum Gasteiger partial charge on any atom is -0.457 e. The van der Waals surface area contributed by atoms with Gasteiger partial charge >= 0.3 is 0 Å². The van der Waals surface area contributed by atoms with Gasteiger partial charge in [0.05, 0.1) is 0 Å². The summed E-state index contributed by atoms with van der Waals surface area (Å²) in [6, 6.07) is 8.89. The molecule has 0 saturated carbocycles. The lowest BCUT2D eigenvalue weighted by Crippen LogP contribution is -2.08. The minimum absolute atomic E-state index is 0.259. The summed E-state index contributed by atoms with van der Waals surface area (Å²) in [6.45, 7) is 7.53. The molecule has 2 N–H and O–H groups in total. The fourth-order valence-corrected chi connectivity index (χ4v) is 2.05. The maximum Gasteiger partial charge on any atom is 0.132 e. The normalized spacial score (nSPS) is 12.3. The number of hydrogen-bond donors (Lipinski definition) is 1. The Morgan fingerprint density at radius 2 is 1.70 bits per heavy atom. The van der Waals surface area contributed by atoms with Gasteiger partial charge in [-0.15, -0.1) is 0 Å². The van der Waals surface area contributed by atoms with E-state index in [9.17, 15) is 4.39 Å². The predicted octanol–water partition coefficient (Wildman–Crippen LogP) is 4.56. The smallest absolute Gasteiger partial charge is 0.132 e. The summed E-state index contributed by atoms with van der Waals surface area (Å²) in [6.07, 6.45) is 0. The van der Waals surface area contributed by atoms with Crippen LogP contribution in [0.15, 0.2) is 30.3 Å². The third-order valence-corrected chi connectivity index (χ3v) is 3.35. The monoisotopic (exact) mass is 273 g/mol. The van der Waals surface area contributed by atoms with Crippen LogP contribution in [0.4, 0.5) is 4.39 Å². The Balaban J connectivity index is 2.47. The number of halogens is 1. The zero-order valence-corrected chi connectivity index (χ0v) is 12.3. The Labute approximate surface area is 119 Å². The van der Waals surface area contributed by atoms with Gasteiger partial charge in [0.2, 0.25) is 0 Å². The summed E-state index contributed by atoms with van der Waals surface area (Å²) in [5.74, 6) is 1.14. The fraction of sp³-hybridized carbons (Fsp3) is 0.294. The second-order valence-corrected chi connectivity index (χ2v) is 5.30. The highest BCUT2D eigenvalue weighted by Crippen LogP contribution is 2.33. The second-order valence-electron chi connectivity index (χ2n) is 5.30. The maximum absolute atomic E-state index is 13.7. The van der Waals surface area contributed by atoms with E-state index in [0.717, 1.165) is 16.9 Å². The van der Waals surface area contributed by atoms with Crippen molar-refractivity contribution in [3.63, 3.8) is 0 Å². The lowest BCUT2D eigenvalue weighted by Gasteiger charge is -2.16. The van der Waals surface area contributed by atoms with E-state index in [1.807, 2.05) is 39.0 Å². The molecule has 0 radical (unpaired) electrons. The van der Waals surface area contributed by atoms with Crippen molar-refractivity contribution in [2.24, 2.45) is 5.73 Å². The van der Waals surface area contributed by atoms with Crippen molar-refractivity contribution in [2.45, 2.75) is 33.7 Å². The van der Waals surface area contributed by atoms with E-state index in [4.69, 9.17) is 10.5 Å². The van der Waals surface area contributed by atoms with Gasteiger partial charge in [-0.2, -0.15) is 0 Å². The van der Waals surface area contributed by atoms with E-state index < -0.39 is 0 Å². The highest BCUT2D eigenvalue weighted by molar-refractivity contribution is 5.45. The zero-order chi connectivity index (χ0) is 14.9. The van der Waals surface area contributed by atoms with Crippen LogP contribution in [0.3, 0.4) is 0 Å². The molecule has 2 aromatic rings. The van der Waals surface area contributed by atoms with Gasteiger partial charge in [-0.05, 0) is 62.6 Å². The molecule has 0 bridgehead atoms. The number of nitrogens with two attached hydrogens (primary N) is 1. The van der Waals surface area contributed by atoms with Crippen LogP contribution in [0.25, 0.3) is 0 Å². The fourth-order valence-electron chi connectivity index (χ4n) is 2.05. The maximum atomic E-state index is 13.7. The summed E-state index contributed by atoms with van der Waals surface area (Å²) < 4.78 is 19.7. The van der Waals surface area contributed by atoms with E-state index in [-0.39, 0.29) is 11.9 Å². The molecule has 2 nitrogen and oxygen atoms in total. The number of benzene rings is 2. The van der Waals surface area contributed by atoms with Gasteiger partial charge < -0.3 is 10.5 Å². The second kappa shape index (κ2) is 5.63. The summed E-state index contributed by atoms with van der Waals surface area (Å²) in [5.41, 5.74) is 9.29. The highest BCUT2D eigenvalue weighted by atomic mass is 19.1. The van der Waals surface area contributed by atoms with Crippen molar-refractivity contribution in [1.82, 2.24) is 0 Å². The molecule has 0 heterocycles. The van der Waals surface area contributed by atoms with Crippen LogP contribution in [0.2, 0.25) is 0 Å². The predicted molar refractivity (Wildman–Crippen MR) is 79.7 cm³/mol. The summed E-state index contributed by atoms with van der Waals surface area (Å²) >= 11 is 0. The first-order chi connectivity index (χ1) is 9.38. The third-order valence-electron chi connectivity index (χ3n) is 3.35. The lowest BCUT2D eigenvalue weighted by molar-refractivity contribution is 0.464. The van der Waals surface area contributed by atoms with E-state index in [2.05, 4.69) is 0 Å². The average Bonchev–Trinajstić information content (AvgIpc) is 2.37. The molecule has 0 saturated heterocycles. The average molecular weight is 273 g/mol. The molecule has 0 aromatic heterocycles. The van der Waals surface area contributed by atoms with Crippen LogP contribution in [-0.2, 0) is 0 Å². The van der Waals surface area contributed by atoms with Gasteiger partial charge in [0.15, 0.2) is 0 Å². The molecular weight excluding hydrogens is 253 g/mol. The Bertz CT molecular complexity index is 635. The topological polar surface area (TPSA) is 35.2 Å². The molecule has 0 aliphatic heterocycles. The van der Waals surface area contributed by atoms with Crippen molar-refractivity contribution in [3.8, 4) is 11.5 Å². The summed E-state index contributed by atoms with van der Waals surface area (Å²) in [4.78, 5) is 0. The largest absolute Gasteiger partial charge is 0.457 e. The van der Waals surface area contributed by atoms with Crippen molar-refractivity contribution >= 4 is 0 Å². The van der Waals surface area contributed by atoms with Gasteiger partial charge in [0, 0.05) is 11.6 Å². The van der Waals surface area contributed by atoms with E-state index in [0.29, 0.717) is 16.9 Å². The molecule has 0 spiro atoms. The highest BCUT2D eigenvalue weighted by Gasteiger charge is 2.13. The van der Waals surface area contributed by atoms with E-state index in [1.54, 1.807) is 13.0 Å². The van der Waals surface area contributed by atoms with Crippen LogP contribution >= 0.6 is 0 Å². The van der Waals surface area contributed by atoms with Crippen LogP contribution in [-0.4, -0.2) is 0 Å². The SMILES string of the molecule is Cc1ccc(C)c(Oc2cc(C)c(F)cc2C(C)N)c1. The van der Waals surface area contributed by atoms with Crippen LogP contribution < -0.4 is 10.5 Å². The van der Waals surface area contributed by atoms with Crippen molar-refractivity contribution < 1.29 is 9.13 Å². The van der Waals surface area contributed by atoms with Gasteiger partial charge in [0.25, 0.3) is 0 Å². The molecule has 0 fully saturated rings. The summed E-state index contributed by atoms with van der Waals surface area (Å²) in [5, 5.41) is 0. The molecule has 20 heavy (non-hydrogen) atoms. The van der Waals surface area contributed by atoms with E-state index >= 15 is 0 Å². The van der Waals surface area contributed by atoms with Gasteiger partial charge in [0.1, 0.15) is 17.3 Å². The van der Waals surface area contributed by atoms with Crippen molar-refractivity contribution in [1.29, 1.82) is 0 Å². The lowest BCUT2D eigenvalue weighted by atomic mass is 10.0. The summed E-state index contributed by atoms with van der Waals surface area (Å²) in [7, 11) is 0. The first-order valence-corrected chi connectivity index (χ1v) is 6.69. The van der Waals surface area contributed by atoms with Crippen molar-refractivity contribution in [3.05, 3.63) is 58.4 Å². The first kappa shape index (κ1) is 14.5.